The van der Waals surface area contributed by atoms with Crippen LogP contribution in [0.25, 0.3) is 0 Å². The third-order valence-corrected chi connectivity index (χ3v) is 4.49. The normalized spacial score (nSPS) is 15.8. The molecule has 0 aliphatic carbocycles. The lowest BCUT2D eigenvalue weighted by Gasteiger charge is -2.19. The minimum Gasteiger partial charge on any atom is -0.462 e. The van der Waals surface area contributed by atoms with Crippen LogP contribution in [0, 0.1) is 17.2 Å². The zero-order valence-electron chi connectivity index (χ0n) is 15.3. The number of hydrogen-bond donors (Lipinski definition) is 1. The van der Waals surface area contributed by atoms with Gasteiger partial charge in [-0.3, -0.25) is 9.59 Å². The van der Waals surface area contributed by atoms with Gasteiger partial charge in [0.2, 0.25) is 11.8 Å². The van der Waals surface area contributed by atoms with Crippen molar-refractivity contribution in [2.45, 2.75) is 13.3 Å². The fraction of sp³-hybridized carbons (Fsp3) is 0.238. The molecule has 1 fully saturated rings. The van der Waals surface area contributed by atoms with Crippen LogP contribution in [0.1, 0.15) is 29.3 Å². The summed E-state index contributed by atoms with van der Waals surface area (Å²) in [5.41, 5.74) is 1.48. The lowest BCUT2D eigenvalue weighted by Crippen LogP contribution is -2.29. The third kappa shape index (κ3) is 3.86. The highest BCUT2D eigenvalue weighted by Crippen LogP contribution is 2.29. The number of nitrogens with one attached hydrogen (secondary N) is 1. The van der Waals surface area contributed by atoms with Crippen LogP contribution in [-0.2, 0) is 14.3 Å². The number of amides is 2. The largest absolute Gasteiger partial charge is 0.462 e. The number of ether oxygens (including phenoxy) is 1. The van der Waals surface area contributed by atoms with E-state index in [4.69, 9.17) is 10.00 Å². The molecule has 7 heteroatoms. The Hall–Kier alpha value is -3.66. The summed E-state index contributed by atoms with van der Waals surface area (Å²) in [5.74, 6) is -1.69. The Morgan fingerprint density at radius 2 is 1.93 bits per heavy atom. The number of para-hydroxylation sites is 2. The molecule has 28 heavy (non-hydrogen) atoms. The Balaban J connectivity index is 1.78. The van der Waals surface area contributed by atoms with Gasteiger partial charge in [0.1, 0.15) is 6.07 Å². The molecule has 1 aliphatic rings. The second kappa shape index (κ2) is 8.35. The highest BCUT2D eigenvalue weighted by Gasteiger charge is 2.36. The maximum Gasteiger partial charge on any atom is 0.340 e. The van der Waals surface area contributed by atoms with E-state index in [-0.39, 0.29) is 37.0 Å². The summed E-state index contributed by atoms with van der Waals surface area (Å²) in [6.45, 7) is 2.08. The quantitative estimate of drug-likeness (QED) is 0.808. The molecule has 3 rings (SSSR count). The monoisotopic (exact) mass is 377 g/mol. The van der Waals surface area contributed by atoms with Crippen LogP contribution >= 0.6 is 0 Å². The van der Waals surface area contributed by atoms with Crippen LogP contribution in [-0.4, -0.2) is 30.9 Å². The molecule has 1 atom stereocenters. The Kier molecular flexibility index (Phi) is 5.70. The fourth-order valence-electron chi connectivity index (χ4n) is 3.13. The summed E-state index contributed by atoms with van der Waals surface area (Å²) < 4.78 is 5.06. The highest BCUT2D eigenvalue weighted by molar-refractivity contribution is 6.07. The summed E-state index contributed by atoms with van der Waals surface area (Å²) in [7, 11) is 0. The predicted molar refractivity (Wildman–Crippen MR) is 103 cm³/mol. The molecule has 2 amide bonds. The molecule has 2 aromatic carbocycles. The Bertz CT molecular complexity index is 964. The molecule has 1 N–H and O–H groups in total. The van der Waals surface area contributed by atoms with Gasteiger partial charge in [-0.25, -0.2) is 4.79 Å². The van der Waals surface area contributed by atoms with Crippen molar-refractivity contribution in [3.05, 3.63) is 59.7 Å². The van der Waals surface area contributed by atoms with Crippen molar-refractivity contribution >= 4 is 29.2 Å². The molecule has 0 radical (unpaired) electrons. The van der Waals surface area contributed by atoms with Gasteiger partial charge in [-0.05, 0) is 31.2 Å². The minimum atomic E-state index is -0.588. The van der Waals surface area contributed by atoms with E-state index in [1.54, 1.807) is 55.5 Å². The van der Waals surface area contributed by atoms with Gasteiger partial charge in [0.15, 0.2) is 0 Å². The van der Waals surface area contributed by atoms with Crippen molar-refractivity contribution in [2.24, 2.45) is 5.92 Å². The average Bonchev–Trinajstić information content (AvgIpc) is 3.10. The first kappa shape index (κ1) is 19.1. The van der Waals surface area contributed by atoms with Crippen LogP contribution < -0.4 is 10.2 Å². The van der Waals surface area contributed by atoms with Crippen molar-refractivity contribution < 1.29 is 19.1 Å². The molecule has 0 bridgehead atoms. The van der Waals surface area contributed by atoms with Crippen molar-refractivity contribution in [3.8, 4) is 6.07 Å². The molecular formula is C21H19N3O4. The summed E-state index contributed by atoms with van der Waals surface area (Å²) in [4.78, 5) is 38.8. The van der Waals surface area contributed by atoms with Gasteiger partial charge in [0.25, 0.3) is 0 Å². The number of esters is 1. The summed E-state index contributed by atoms with van der Waals surface area (Å²) in [6, 6.07) is 15.4. The van der Waals surface area contributed by atoms with E-state index >= 15 is 0 Å². The van der Waals surface area contributed by atoms with E-state index in [1.165, 1.54) is 4.90 Å². The van der Waals surface area contributed by atoms with E-state index in [1.807, 2.05) is 6.07 Å². The molecule has 0 spiro atoms. The molecule has 1 aliphatic heterocycles. The van der Waals surface area contributed by atoms with Crippen LogP contribution in [0.3, 0.4) is 0 Å². The fourth-order valence-corrected chi connectivity index (χ4v) is 3.13. The number of carbonyl (C=O) groups is 3. The van der Waals surface area contributed by atoms with Crippen LogP contribution in [0.5, 0.6) is 0 Å². The Labute approximate surface area is 162 Å². The van der Waals surface area contributed by atoms with Crippen LogP contribution in [0.4, 0.5) is 11.4 Å². The zero-order valence-corrected chi connectivity index (χ0v) is 15.3. The smallest absolute Gasteiger partial charge is 0.340 e. The van der Waals surface area contributed by atoms with E-state index in [9.17, 15) is 14.4 Å². The van der Waals surface area contributed by atoms with Crippen molar-refractivity contribution in [2.75, 3.05) is 23.4 Å². The number of benzene rings is 2. The summed E-state index contributed by atoms with van der Waals surface area (Å²) in [5, 5.41) is 11.9. The van der Waals surface area contributed by atoms with Gasteiger partial charge in [-0.2, -0.15) is 5.26 Å². The molecule has 142 valence electrons. The van der Waals surface area contributed by atoms with Gasteiger partial charge in [0.05, 0.1) is 35.0 Å². The van der Waals surface area contributed by atoms with E-state index in [0.717, 1.165) is 0 Å². The van der Waals surface area contributed by atoms with Crippen LogP contribution in [0.2, 0.25) is 0 Å². The average molecular weight is 377 g/mol. The zero-order chi connectivity index (χ0) is 20.1. The SMILES string of the molecule is CCOC(=O)c1ccccc1N1CC(C(=O)Nc2ccccc2C#N)CC1=O. The van der Waals surface area contributed by atoms with E-state index in [0.29, 0.717) is 16.9 Å². The van der Waals surface area contributed by atoms with Gasteiger partial charge in [0, 0.05) is 13.0 Å². The maximum absolute atomic E-state index is 12.6. The topological polar surface area (TPSA) is 99.5 Å². The number of nitriles is 1. The van der Waals surface area contributed by atoms with Crippen molar-refractivity contribution in [3.63, 3.8) is 0 Å². The lowest BCUT2D eigenvalue weighted by atomic mass is 10.1. The molecule has 0 saturated carbocycles. The van der Waals surface area contributed by atoms with Gasteiger partial charge in [-0.15, -0.1) is 0 Å². The molecule has 0 aromatic heterocycles. The summed E-state index contributed by atoms with van der Waals surface area (Å²) in [6.07, 6.45) is 0.0255. The van der Waals surface area contributed by atoms with E-state index < -0.39 is 11.9 Å². The third-order valence-electron chi connectivity index (χ3n) is 4.49. The van der Waals surface area contributed by atoms with Gasteiger partial charge < -0.3 is 15.0 Å². The standard InChI is InChI=1S/C21H19N3O4/c1-2-28-21(27)16-8-4-6-10-18(16)24-13-15(11-19(24)25)20(26)23-17-9-5-3-7-14(17)12-22/h3-10,15H,2,11,13H2,1H3,(H,23,26). The first-order valence-corrected chi connectivity index (χ1v) is 8.91. The van der Waals surface area contributed by atoms with Gasteiger partial charge >= 0.3 is 5.97 Å². The number of hydrogen-bond acceptors (Lipinski definition) is 5. The number of anilines is 2. The van der Waals surface area contributed by atoms with E-state index in [2.05, 4.69) is 5.32 Å². The molecule has 2 aromatic rings. The number of rotatable bonds is 5. The highest BCUT2D eigenvalue weighted by atomic mass is 16.5. The second-order valence-corrected chi connectivity index (χ2v) is 6.29. The Morgan fingerprint density at radius 1 is 1.21 bits per heavy atom. The van der Waals surface area contributed by atoms with Gasteiger partial charge in [-0.1, -0.05) is 24.3 Å². The molecule has 7 nitrogen and oxygen atoms in total. The van der Waals surface area contributed by atoms with Crippen LogP contribution in [0.15, 0.2) is 48.5 Å². The van der Waals surface area contributed by atoms with Crippen molar-refractivity contribution in [1.29, 1.82) is 5.26 Å². The molecule has 1 heterocycles. The maximum atomic E-state index is 12.6. The van der Waals surface area contributed by atoms with Crippen molar-refractivity contribution in [1.82, 2.24) is 0 Å². The molecule has 1 saturated heterocycles. The lowest BCUT2D eigenvalue weighted by molar-refractivity contribution is -0.122. The first-order valence-electron chi connectivity index (χ1n) is 8.91. The Morgan fingerprint density at radius 3 is 2.68 bits per heavy atom. The molecular weight excluding hydrogens is 358 g/mol. The second-order valence-electron chi connectivity index (χ2n) is 6.29. The molecule has 1 unspecified atom stereocenters. The number of carbonyl (C=O) groups excluding carboxylic acids is 3. The summed E-state index contributed by atoms with van der Waals surface area (Å²) >= 11 is 0. The predicted octanol–water partition coefficient (Wildman–Crippen LogP) is 2.73. The first-order chi connectivity index (χ1) is 13.5. The number of nitrogens with zero attached hydrogens (tertiary/aromatic N) is 2. The minimum absolute atomic E-state index is 0.0255.